The Bertz CT molecular complexity index is 388. The third-order valence-electron chi connectivity index (χ3n) is 1.38. The lowest BCUT2D eigenvalue weighted by atomic mass is 10.2. The Hall–Kier alpha value is -0.730. The van der Waals surface area contributed by atoms with Crippen LogP contribution in [0.2, 0.25) is 0 Å². The second-order valence-corrected chi connectivity index (χ2v) is 3.99. The van der Waals surface area contributed by atoms with Gasteiger partial charge >= 0.3 is 5.51 Å². The second kappa shape index (κ2) is 5.38. The van der Waals surface area contributed by atoms with Gasteiger partial charge in [0.2, 0.25) is 0 Å². The molecule has 0 aliphatic carbocycles. The smallest absolute Gasteiger partial charge is 0.166 e. The molecule has 0 N–H and O–H groups in total. The van der Waals surface area contributed by atoms with Crippen LogP contribution in [0.1, 0.15) is 5.56 Å². The number of hydrogen-bond acceptors (Lipinski definition) is 2. The van der Waals surface area contributed by atoms with E-state index in [2.05, 4.69) is 24.5 Å². The van der Waals surface area contributed by atoms with E-state index in [1.165, 1.54) is 12.1 Å². The van der Waals surface area contributed by atoms with Crippen LogP contribution < -0.4 is 0 Å². The highest BCUT2D eigenvalue weighted by Gasteiger charge is 2.29. The van der Waals surface area contributed by atoms with Crippen molar-refractivity contribution < 1.29 is 13.2 Å². The van der Waals surface area contributed by atoms with Crippen molar-refractivity contribution in [1.82, 2.24) is 0 Å². The molecule has 0 aliphatic rings. The number of rotatable bonds is 1. The molecule has 0 unspecified atom stereocenters. The molecule has 5 heteroatoms. The van der Waals surface area contributed by atoms with Gasteiger partial charge in [0, 0.05) is 10.5 Å². The maximum absolute atomic E-state index is 12.0. The van der Waals surface area contributed by atoms with Crippen molar-refractivity contribution in [2.75, 3.05) is 5.75 Å². The topological polar surface area (TPSA) is 0 Å². The fraction of sp³-hybridized carbons (Fsp3) is 0.200. The molecule has 0 saturated heterocycles. The summed E-state index contributed by atoms with van der Waals surface area (Å²) < 4.78 is 36.1. The zero-order valence-electron chi connectivity index (χ0n) is 7.51. The summed E-state index contributed by atoms with van der Waals surface area (Å²) in [5.74, 6) is 5.78. The Kier molecular flexibility index (Phi) is 4.43. The van der Waals surface area contributed by atoms with Crippen molar-refractivity contribution >= 4 is 24.4 Å². The van der Waals surface area contributed by atoms with E-state index in [1.807, 2.05) is 0 Å². The first-order valence-corrected chi connectivity index (χ1v) is 5.42. The van der Waals surface area contributed by atoms with Gasteiger partial charge in [-0.3, -0.25) is 0 Å². The summed E-state index contributed by atoms with van der Waals surface area (Å²) in [5, 5.41) is 0. The molecule has 80 valence electrons. The molecule has 0 saturated carbocycles. The van der Waals surface area contributed by atoms with Crippen LogP contribution in [0.3, 0.4) is 0 Å². The SMILES string of the molecule is FC(F)(F)Sc1cccc(C#CCS)c1. The third kappa shape index (κ3) is 5.05. The zero-order valence-corrected chi connectivity index (χ0v) is 9.22. The quantitative estimate of drug-likeness (QED) is 0.450. The molecule has 0 bridgehead atoms. The number of benzene rings is 1. The minimum Gasteiger partial charge on any atom is -0.166 e. The molecule has 0 nitrogen and oxygen atoms in total. The van der Waals surface area contributed by atoms with E-state index < -0.39 is 5.51 Å². The van der Waals surface area contributed by atoms with Gasteiger partial charge in [-0.05, 0) is 30.0 Å². The fourth-order valence-electron chi connectivity index (χ4n) is 0.913. The highest BCUT2D eigenvalue weighted by atomic mass is 32.2. The van der Waals surface area contributed by atoms with Gasteiger partial charge in [0.25, 0.3) is 0 Å². The van der Waals surface area contributed by atoms with Crippen molar-refractivity contribution in [2.45, 2.75) is 10.4 Å². The van der Waals surface area contributed by atoms with E-state index in [1.54, 1.807) is 12.1 Å². The average Bonchev–Trinajstić information content (AvgIpc) is 2.12. The molecule has 0 heterocycles. The normalized spacial score (nSPS) is 10.7. The average molecular weight is 248 g/mol. The maximum Gasteiger partial charge on any atom is 0.446 e. The lowest BCUT2D eigenvalue weighted by molar-refractivity contribution is -0.0328. The Morgan fingerprint density at radius 3 is 2.67 bits per heavy atom. The van der Waals surface area contributed by atoms with Crippen LogP contribution in [0, 0.1) is 11.8 Å². The van der Waals surface area contributed by atoms with Crippen molar-refractivity contribution in [2.24, 2.45) is 0 Å². The molecule has 0 radical (unpaired) electrons. The summed E-state index contributed by atoms with van der Waals surface area (Å²) in [6.45, 7) is 0. The van der Waals surface area contributed by atoms with Crippen LogP contribution in [0.4, 0.5) is 13.2 Å². The van der Waals surface area contributed by atoms with Gasteiger partial charge < -0.3 is 0 Å². The Balaban J connectivity index is 2.83. The largest absolute Gasteiger partial charge is 0.446 e. The van der Waals surface area contributed by atoms with E-state index in [0.717, 1.165) is 0 Å². The number of alkyl halides is 3. The van der Waals surface area contributed by atoms with Gasteiger partial charge in [-0.2, -0.15) is 25.8 Å². The molecule has 0 atom stereocenters. The second-order valence-electron chi connectivity index (χ2n) is 2.54. The first-order chi connectivity index (χ1) is 7.01. The molecule has 0 aromatic heterocycles. The first-order valence-electron chi connectivity index (χ1n) is 3.97. The van der Waals surface area contributed by atoms with E-state index in [9.17, 15) is 13.2 Å². The zero-order chi connectivity index (χ0) is 11.3. The van der Waals surface area contributed by atoms with E-state index >= 15 is 0 Å². The predicted octanol–water partition coefficient (Wildman–Crippen LogP) is 3.58. The lowest BCUT2D eigenvalue weighted by Gasteiger charge is -2.04. The van der Waals surface area contributed by atoms with Crippen molar-refractivity contribution in [3.63, 3.8) is 0 Å². The number of thiol groups is 1. The van der Waals surface area contributed by atoms with E-state index in [-0.39, 0.29) is 16.7 Å². The van der Waals surface area contributed by atoms with Crippen LogP contribution in [0.15, 0.2) is 29.2 Å². The molecule has 0 spiro atoms. The molecule has 15 heavy (non-hydrogen) atoms. The number of halogens is 3. The molecule has 1 rings (SSSR count). The maximum atomic E-state index is 12.0. The van der Waals surface area contributed by atoms with Crippen LogP contribution in [-0.4, -0.2) is 11.3 Å². The number of thioether (sulfide) groups is 1. The van der Waals surface area contributed by atoms with Gasteiger partial charge in [0.1, 0.15) is 0 Å². The van der Waals surface area contributed by atoms with Crippen molar-refractivity contribution in [3.05, 3.63) is 29.8 Å². The van der Waals surface area contributed by atoms with Gasteiger partial charge in [-0.25, -0.2) is 0 Å². The molecular weight excluding hydrogens is 241 g/mol. The van der Waals surface area contributed by atoms with Gasteiger partial charge in [0.15, 0.2) is 0 Å². The van der Waals surface area contributed by atoms with Crippen molar-refractivity contribution in [1.29, 1.82) is 0 Å². The van der Waals surface area contributed by atoms with Gasteiger partial charge in [-0.1, -0.05) is 17.9 Å². The minimum absolute atomic E-state index is 0.139. The Labute approximate surface area is 95.7 Å². The highest BCUT2D eigenvalue weighted by molar-refractivity contribution is 8.00. The summed E-state index contributed by atoms with van der Waals surface area (Å²) in [4.78, 5) is 0.147. The van der Waals surface area contributed by atoms with Gasteiger partial charge in [-0.15, -0.1) is 0 Å². The van der Waals surface area contributed by atoms with Gasteiger partial charge in [0.05, 0.1) is 5.75 Å². The lowest BCUT2D eigenvalue weighted by Crippen LogP contribution is -1.98. The molecular formula is C10H7F3S2. The minimum atomic E-state index is -4.25. The van der Waals surface area contributed by atoms with Crippen molar-refractivity contribution in [3.8, 4) is 11.8 Å². The molecule has 0 fully saturated rings. The Morgan fingerprint density at radius 1 is 1.33 bits per heavy atom. The van der Waals surface area contributed by atoms with E-state index in [4.69, 9.17) is 0 Å². The van der Waals surface area contributed by atoms with Crippen LogP contribution in [0.5, 0.6) is 0 Å². The number of hydrogen-bond donors (Lipinski definition) is 1. The predicted molar refractivity (Wildman–Crippen MR) is 59.1 cm³/mol. The Morgan fingerprint density at radius 2 is 2.07 bits per heavy atom. The fourth-order valence-corrected chi connectivity index (χ4v) is 1.59. The standard InChI is InChI=1S/C10H7F3S2/c11-10(12,13)15-9-5-1-3-8(7-9)4-2-6-14/h1,3,5,7,14H,6H2. The molecule has 1 aromatic rings. The van der Waals surface area contributed by atoms with Crippen LogP contribution in [-0.2, 0) is 0 Å². The summed E-state index contributed by atoms with van der Waals surface area (Å²) in [6.07, 6.45) is 0. The summed E-state index contributed by atoms with van der Waals surface area (Å²) in [7, 11) is 0. The monoisotopic (exact) mass is 248 g/mol. The molecule has 0 amide bonds. The molecule has 0 aliphatic heterocycles. The third-order valence-corrected chi connectivity index (χ3v) is 2.26. The highest BCUT2D eigenvalue weighted by Crippen LogP contribution is 2.36. The summed E-state index contributed by atoms with van der Waals surface area (Å²) >= 11 is 3.75. The van der Waals surface area contributed by atoms with E-state index in [0.29, 0.717) is 11.3 Å². The summed E-state index contributed by atoms with van der Waals surface area (Å²) in [5.41, 5.74) is -3.69. The molecule has 1 aromatic carbocycles. The first kappa shape index (κ1) is 12.3. The van der Waals surface area contributed by atoms with Crippen LogP contribution >= 0.6 is 24.4 Å². The summed E-state index contributed by atoms with van der Waals surface area (Å²) in [6, 6.07) is 6.03. The van der Waals surface area contributed by atoms with Crippen LogP contribution in [0.25, 0.3) is 0 Å².